The van der Waals surface area contributed by atoms with Gasteiger partial charge in [0.05, 0.1) is 17.6 Å². The van der Waals surface area contributed by atoms with E-state index >= 15 is 0 Å². The molecule has 0 aromatic carbocycles. The summed E-state index contributed by atoms with van der Waals surface area (Å²) >= 11 is 5.58. The number of nitrogens with zero attached hydrogens (tertiary/aromatic N) is 3. The Kier molecular flexibility index (Phi) is 3.98. The molecule has 2 N–H and O–H groups in total. The summed E-state index contributed by atoms with van der Waals surface area (Å²) < 4.78 is 27.6. The fraction of sp³-hybridized carbons (Fsp3) is 0.222. The lowest BCUT2D eigenvalue weighted by molar-refractivity contribution is 0.552. The number of sulfonamides is 1. The lowest BCUT2D eigenvalue weighted by Gasteiger charge is -2.06. The molecule has 0 unspecified atom stereocenters. The van der Waals surface area contributed by atoms with Gasteiger partial charge in [-0.25, -0.2) is 13.1 Å². The molecule has 10 heteroatoms. The minimum Gasteiger partial charge on any atom is -0.326 e. The van der Waals surface area contributed by atoms with Crippen LogP contribution in [0.4, 0.5) is 0 Å². The number of H-pyrrole nitrogens is 1. The van der Waals surface area contributed by atoms with Crippen LogP contribution in [0.3, 0.4) is 0 Å². The largest absolute Gasteiger partial charge is 0.326 e. The molecule has 2 aromatic heterocycles. The number of rotatable bonds is 5. The predicted molar refractivity (Wildman–Crippen MR) is 67.3 cm³/mol. The van der Waals surface area contributed by atoms with Gasteiger partial charge in [0.1, 0.15) is 5.02 Å². The molecule has 19 heavy (non-hydrogen) atoms. The van der Waals surface area contributed by atoms with E-state index in [0.717, 1.165) is 12.3 Å². The second-order valence-corrected chi connectivity index (χ2v) is 5.75. The van der Waals surface area contributed by atoms with Gasteiger partial charge in [-0.15, -0.1) is 5.10 Å². The summed E-state index contributed by atoms with van der Waals surface area (Å²) in [5.41, 5.74) is -0.539. The number of nitrogens with one attached hydrogen (secondary N) is 2. The van der Waals surface area contributed by atoms with Crippen molar-refractivity contribution in [3.8, 4) is 0 Å². The first-order valence-corrected chi connectivity index (χ1v) is 7.07. The Bertz CT molecular complexity index is 710. The van der Waals surface area contributed by atoms with Gasteiger partial charge in [-0.1, -0.05) is 16.8 Å². The highest BCUT2D eigenvalue weighted by Gasteiger charge is 2.15. The average Bonchev–Trinajstić information content (AvgIpc) is 2.85. The van der Waals surface area contributed by atoms with E-state index in [1.54, 1.807) is 6.20 Å². The fourth-order valence-corrected chi connectivity index (χ4v) is 2.57. The molecule has 0 spiro atoms. The van der Waals surface area contributed by atoms with Crippen molar-refractivity contribution in [2.45, 2.75) is 11.4 Å². The Hall–Kier alpha value is -1.71. The molecule has 0 atom stereocenters. The second kappa shape index (κ2) is 5.51. The number of aromatic nitrogens is 4. The van der Waals surface area contributed by atoms with Gasteiger partial charge in [0.15, 0.2) is 0 Å². The third-order valence-corrected chi connectivity index (χ3v) is 3.97. The van der Waals surface area contributed by atoms with Crippen molar-refractivity contribution in [3.05, 3.63) is 40.0 Å². The van der Waals surface area contributed by atoms with Gasteiger partial charge in [0, 0.05) is 18.9 Å². The van der Waals surface area contributed by atoms with Crippen LogP contribution in [0.2, 0.25) is 5.02 Å². The molecular formula is C9H10ClN5O3S. The summed E-state index contributed by atoms with van der Waals surface area (Å²) in [4.78, 5) is 13.2. The summed E-state index contributed by atoms with van der Waals surface area (Å²) in [6, 6.07) is 1.10. The van der Waals surface area contributed by atoms with E-state index in [1.807, 2.05) is 0 Å². The van der Waals surface area contributed by atoms with E-state index in [4.69, 9.17) is 11.6 Å². The van der Waals surface area contributed by atoms with Crippen LogP contribution in [-0.2, 0) is 16.6 Å². The summed E-state index contributed by atoms with van der Waals surface area (Å²) in [6.07, 6.45) is 4.20. The Balaban J connectivity index is 2.05. The van der Waals surface area contributed by atoms with Crippen molar-refractivity contribution in [1.82, 2.24) is 24.7 Å². The van der Waals surface area contributed by atoms with Crippen LogP contribution in [0.25, 0.3) is 0 Å². The molecule has 2 heterocycles. The maximum absolute atomic E-state index is 11.9. The molecule has 8 nitrogen and oxygen atoms in total. The molecular weight excluding hydrogens is 294 g/mol. The highest BCUT2D eigenvalue weighted by Crippen LogP contribution is 2.09. The summed E-state index contributed by atoms with van der Waals surface area (Å²) in [7, 11) is -3.72. The van der Waals surface area contributed by atoms with Gasteiger partial charge in [0.2, 0.25) is 10.0 Å². The van der Waals surface area contributed by atoms with E-state index in [0.29, 0.717) is 6.54 Å². The second-order valence-electron chi connectivity index (χ2n) is 3.58. The third kappa shape index (κ3) is 3.40. The zero-order chi connectivity index (χ0) is 13.9. The van der Waals surface area contributed by atoms with Crippen molar-refractivity contribution >= 4 is 21.6 Å². The van der Waals surface area contributed by atoms with Crippen molar-refractivity contribution in [2.75, 3.05) is 6.54 Å². The van der Waals surface area contributed by atoms with Gasteiger partial charge in [-0.2, -0.15) is 0 Å². The first-order chi connectivity index (χ1) is 8.99. The molecule has 0 radical (unpaired) electrons. The SMILES string of the molecule is O=c1[nH]cc(S(=O)(=O)NCCn2ccnn2)cc1Cl. The maximum atomic E-state index is 11.9. The van der Waals surface area contributed by atoms with Crippen LogP contribution in [-0.4, -0.2) is 34.9 Å². The molecule has 0 saturated heterocycles. The van der Waals surface area contributed by atoms with Gasteiger partial charge in [-0.3, -0.25) is 9.48 Å². The topological polar surface area (TPSA) is 110 Å². The Labute approximate surface area is 113 Å². The molecule has 0 aliphatic heterocycles. The van der Waals surface area contributed by atoms with E-state index in [2.05, 4.69) is 20.0 Å². The van der Waals surface area contributed by atoms with Gasteiger partial charge >= 0.3 is 0 Å². The first-order valence-electron chi connectivity index (χ1n) is 5.21. The average molecular weight is 304 g/mol. The minimum atomic E-state index is -3.72. The third-order valence-electron chi connectivity index (χ3n) is 2.25. The molecule has 0 aliphatic rings. The van der Waals surface area contributed by atoms with Gasteiger partial charge < -0.3 is 4.98 Å². The van der Waals surface area contributed by atoms with Crippen molar-refractivity contribution in [1.29, 1.82) is 0 Å². The minimum absolute atomic E-state index is 0.101. The molecule has 0 saturated carbocycles. The molecule has 0 amide bonds. The van der Waals surface area contributed by atoms with Crippen molar-refractivity contribution in [2.24, 2.45) is 0 Å². The summed E-state index contributed by atoms with van der Waals surface area (Å²) in [6.45, 7) is 0.485. The van der Waals surface area contributed by atoms with Crippen molar-refractivity contribution in [3.63, 3.8) is 0 Å². The Morgan fingerprint density at radius 1 is 1.47 bits per heavy atom. The number of pyridine rings is 1. The van der Waals surface area contributed by atoms with Gasteiger partial charge in [-0.05, 0) is 6.07 Å². The fourth-order valence-electron chi connectivity index (χ4n) is 1.32. The zero-order valence-electron chi connectivity index (χ0n) is 9.58. The van der Waals surface area contributed by atoms with E-state index in [1.165, 1.54) is 10.9 Å². The lowest BCUT2D eigenvalue weighted by Crippen LogP contribution is -2.28. The quantitative estimate of drug-likeness (QED) is 0.781. The number of halogens is 1. The Morgan fingerprint density at radius 3 is 2.89 bits per heavy atom. The zero-order valence-corrected chi connectivity index (χ0v) is 11.1. The van der Waals surface area contributed by atoms with Gasteiger partial charge in [0.25, 0.3) is 5.56 Å². The Morgan fingerprint density at radius 2 is 2.26 bits per heavy atom. The number of hydrogen-bond donors (Lipinski definition) is 2. The molecule has 0 fully saturated rings. The number of aromatic amines is 1. The van der Waals surface area contributed by atoms with E-state index < -0.39 is 15.6 Å². The molecule has 2 aromatic rings. The first kappa shape index (κ1) is 13.7. The molecule has 102 valence electrons. The van der Waals surface area contributed by atoms with Crippen LogP contribution in [0.1, 0.15) is 0 Å². The molecule has 2 rings (SSSR count). The van der Waals surface area contributed by atoms with E-state index in [-0.39, 0.29) is 16.5 Å². The summed E-state index contributed by atoms with van der Waals surface area (Å²) in [5.74, 6) is 0. The normalized spacial score (nSPS) is 11.6. The van der Waals surface area contributed by atoms with Crippen molar-refractivity contribution < 1.29 is 8.42 Å². The molecule has 0 aliphatic carbocycles. The van der Waals surface area contributed by atoms with Crippen LogP contribution in [0, 0.1) is 0 Å². The van der Waals surface area contributed by atoms with Crippen LogP contribution >= 0.6 is 11.6 Å². The lowest BCUT2D eigenvalue weighted by atomic mass is 10.5. The smallest absolute Gasteiger partial charge is 0.266 e. The maximum Gasteiger partial charge on any atom is 0.266 e. The van der Waals surface area contributed by atoms with Crippen LogP contribution < -0.4 is 10.3 Å². The summed E-state index contributed by atoms with van der Waals surface area (Å²) in [5, 5.41) is 7.11. The standard InChI is InChI=1S/C9H10ClN5O3S/c10-8-5-7(6-11-9(8)16)19(17,18)13-2-4-15-3-1-12-14-15/h1,3,5-6,13H,2,4H2,(H,11,16). The number of hydrogen-bond acceptors (Lipinski definition) is 5. The monoisotopic (exact) mass is 303 g/mol. The highest BCUT2D eigenvalue weighted by molar-refractivity contribution is 7.89. The molecule has 0 bridgehead atoms. The van der Waals surface area contributed by atoms with Crippen LogP contribution in [0.15, 0.2) is 34.3 Å². The van der Waals surface area contributed by atoms with E-state index in [9.17, 15) is 13.2 Å². The predicted octanol–water partition coefficient (Wildman–Crippen LogP) is -0.402. The van der Waals surface area contributed by atoms with Crippen LogP contribution in [0.5, 0.6) is 0 Å². The highest BCUT2D eigenvalue weighted by atomic mass is 35.5.